The minimum atomic E-state index is -4.36. The number of amidine groups is 1. The maximum Gasteiger partial charge on any atom is 0.340 e. The van der Waals surface area contributed by atoms with Crippen molar-refractivity contribution >= 4 is 5.84 Å². The average molecular weight is 322 g/mol. The van der Waals surface area contributed by atoms with Crippen LogP contribution in [0.1, 0.15) is 16.7 Å². The molecule has 1 N–H and O–H groups in total. The van der Waals surface area contributed by atoms with E-state index in [1.807, 2.05) is 0 Å². The molecular formula is C17H14F4N2. The molecule has 3 rings (SSSR count). The zero-order chi connectivity index (χ0) is 16.5. The van der Waals surface area contributed by atoms with E-state index in [2.05, 4.69) is 10.3 Å². The Labute approximate surface area is 130 Å². The zero-order valence-corrected chi connectivity index (χ0v) is 12.1. The van der Waals surface area contributed by atoms with Crippen molar-refractivity contribution in [2.75, 3.05) is 13.1 Å². The zero-order valence-electron chi connectivity index (χ0n) is 12.1. The van der Waals surface area contributed by atoms with E-state index >= 15 is 0 Å². The van der Waals surface area contributed by atoms with Gasteiger partial charge in [-0.2, -0.15) is 17.6 Å². The van der Waals surface area contributed by atoms with Crippen LogP contribution < -0.4 is 5.32 Å². The predicted octanol–water partition coefficient (Wildman–Crippen LogP) is 3.92. The highest BCUT2D eigenvalue weighted by Crippen LogP contribution is 2.50. The van der Waals surface area contributed by atoms with Crippen LogP contribution in [0, 0.1) is 0 Å². The van der Waals surface area contributed by atoms with E-state index in [4.69, 9.17) is 0 Å². The lowest BCUT2D eigenvalue weighted by atomic mass is 9.92. The van der Waals surface area contributed by atoms with Crippen LogP contribution in [0.25, 0.3) is 0 Å². The van der Waals surface area contributed by atoms with Gasteiger partial charge >= 0.3 is 11.8 Å². The lowest BCUT2D eigenvalue weighted by Crippen LogP contribution is -2.37. The molecule has 2 aromatic carbocycles. The van der Waals surface area contributed by atoms with Crippen molar-refractivity contribution in [1.82, 2.24) is 5.32 Å². The van der Waals surface area contributed by atoms with Gasteiger partial charge in [0, 0.05) is 23.2 Å². The van der Waals surface area contributed by atoms with Crippen molar-refractivity contribution < 1.29 is 17.6 Å². The number of nitrogens with zero attached hydrogens (tertiary/aromatic N) is 1. The van der Waals surface area contributed by atoms with Crippen LogP contribution in [-0.4, -0.2) is 18.9 Å². The largest absolute Gasteiger partial charge is 0.368 e. The van der Waals surface area contributed by atoms with Crippen LogP contribution >= 0.6 is 0 Å². The van der Waals surface area contributed by atoms with Crippen LogP contribution in [0.4, 0.5) is 17.6 Å². The van der Waals surface area contributed by atoms with Crippen molar-refractivity contribution in [1.29, 1.82) is 0 Å². The molecule has 0 aliphatic carbocycles. The average Bonchev–Trinajstić information content (AvgIpc) is 3.10. The van der Waals surface area contributed by atoms with Gasteiger partial charge in [-0.25, -0.2) is 0 Å². The van der Waals surface area contributed by atoms with Gasteiger partial charge in [-0.05, 0) is 0 Å². The van der Waals surface area contributed by atoms with Crippen LogP contribution in [0.2, 0.25) is 0 Å². The Hall–Kier alpha value is -2.37. The lowest BCUT2D eigenvalue weighted by molar-refractivity contribution is -0.223. The van der Waals surface area contributed by atoms with Gasteiger partial charge < -0.3 is 5.32 Å². The first-order valence-corrected chi connectivity index (χ1v) is 7.14. The number of aliphatic imine (C=N–C) groups is 1. The summed E-state index contributed by atoms with van der Waals surface area (Å²) < 4.78 is 58.4. The topological polar surface area (TPSA) is 24.4 Å². The first-order valence-electron chi connectivity index (χ1n) is 7.14. The third-order valence-electron chi connectivity index (χ3n) is 3.73. The second kappa shape index (κ2) is 5.68. The van der Waals surface area contributed by atoms with Gasteiger partial charge in [-0.3, -0.25) is 4.99 Å². The number of hydrogen-bond acceptors (Lipinski definition) is 2. The van der Waals surface area contributed by atoms with Gasteiger partial charge in [0.15, 0.2) is 0 Å². The molecule has 1 aliphatic heterocycles. The van der Waals surface area contributed by atoms with Crippen LogP contribution in [0.3, 0.4) is 0 Å². The summed E-state index contributed by atoms with van der Waals surface area (Å²) in [6.45, 7) is 0.939. The van der Waals surface area contributed by atoms with Crippen molar-refractivity contribution in [3.63, 3.8) is 0 Å². The molecule has 120 valence electrons. The SMILES string of the molecule is FC(F)(c1ccccc1)C(F)(F)c1ccccc1C1=NCCN1. The summed E-state index contributed by atoms with van der Waals surface area (Å²) in [7, 11) is 0. The van der Waals surface area contributed by atoms with Crippen LogP contribution in [0.5, 0.6) is 0 Å². The third kappa shape index (κ3) is 2.58. The molecule has 23 heavy (non-hydrogen) atoms. The van der Waals surface area contributed by atoms with E-state index in [0.29, 0.717) is 13.1 Å². The molecule has 0 radical (unpaired) electrons. The summed E-state index contributed by atoms with van der Waals surface area (Å²) in [5.74, 6) is -8.47. The fourth-order valence-electron chi connectivity index (χ4n) is 2.54. The molecule has 0 fully saturated rings. The molecule has 0 spiro atoms. The molecule has 1 heterocycles. The molecule has 1 aliphatic rings. The van der Waals surface area contributed by atoms with Gasteiger partial charge in [0.25, 0.3) is 0 Å². The minimum absolute atomic E-state index is 0.00519. The molecule has 6 heteroatoms. The number of halogens is 4. The van der Waals surface area contributed by atoms with Crippen molar-refractivity contribution in [2.24, 2.45) is 4.99 Å². The van der Waals surface area contributed by atoms with E-state index in [1.54, 1.807) is 0 Å². The third-order valence-corrected chi connectivity index (χ3v) is 3.73. The second-order valence-corrected chi connectivity index (χ2v) is 5.22. The smallest absolute Gasteiger partial charge is 0.340 e. The highest BCUT2D eigenvalue weighted by atomic mass is 19.3. The molecule has 0 saturated carbocycles. The number of alkyl halides is 4. The normalized spacial score (nSPS) is 15.2. The molecule has 0 saturated heterocycles. The summed E-state index contributed by atoms with van der Waals surface area (Å²) in [5, 5.41) is 2.85. The van der Waals surface area contributed by atoms with Gasteiger partial charge in [-0.1, -0.05) is 54.6 Å². The van der Waals surface area contributed by atoms with Gasteiger partial charge in [0.2, 0.25) is 0 Å². The summed E-state index contributed by atoms with van der Waals surface area (Å²) in [6, 6.07) is 11.4. The molecule has 0 unspecified atom stereocenters. The lowest BCUT2D eigenvalue weighted by Gasteiger charge is -2.28. The molecule has 0 atom stereocenters. The molecule has 0 aromatic heterocycles. The van der Waals surface area contributed by atoms with Crippen LogP contribution in [-0.2, 0) is 11.8 Å². The molecule has 0 amide bonds. The molecule has 0 bridgehead atoms. The van der Waals surface area contributed by atoms with Gasteiger partial charge in [0.05, 0.1) is 6.54 Å². The van der Waals surface area contributed by atoms with Gasteiger partial charge in [0.1, 0.15) is 5.84 Å². The van der Waals surface area contributed by atoms with E-state index < -0.39 is 23.0 Å². The fourth-order valence-corrected chi connectivity index (χ4v) is 2.54. The van der Waals surface area contributed by atoms with E-state index in [-0.39, 0.29) is 11.4 Å². The van der Waals surface area contributed by atoms with Crippen molar-refractivity contribution in [3.05, 3.63) is 71.3 Å². The van der Waals surface area contributed by atoms with Crippen LogP contribution in [0.15, 0.2) is 59.6 Å². The summed E-state index contributed by atoms with van der Waals surface area (Å²) in [6.07, 6.45) is 0. The number of benzene rings is 2. The summed E-state index contributed by atoms with van der Waals surface area (Å²) in [4.78, 5) is 4.06. The van der Waals surface area contributed by atoms with Crippen molar-refractivity contribution in [3.8, 4) is 0 Å². The quantitative estimate of drug-likeness (QED) is 0.848. The monoisotopic (exact) mass is 322 g/mol. The van der Waals surface area contributed by atoms with E-state index in [0.717, 1.165) is 18.2 Å². The maximum absolute atomic E-state index is 14.7. The standard InChI is InChI=1S/C17H14F4N2/c18-16(19,12-6-2-1-3-7-12)17(20,21)14-9-5-4-8-13(14)15-22-10-11-23-15/h1-9H,10-11H2,(H,22,23). The number of nitrogens with one attached hydrogen (secondary N) is 1. The highest BCUT2D eigenvalue weighted by molar-refractivity contribution is 6.01. The van der Waals surface area contributed by atoms with E-state index in [9.17, 15) is 17.6 Å². The summed E-state index contributed by atoms with van der Waals surface area (Å²) >= 11 is 0. The highest BCUT2D eigenvalue weighted by Gasteiger charge is 2.59. The second-order valence-electron chi connectivity index (χ2n) is 5.22. The first kappa shape index (κ1) is 15.5. The Bertz CT molecular complexity index is 726. The maximum atomic E-state index is 14.7. The molecular weight excluding hydrogens is 308 g/mol. The Morgan fingerprint density at radius 3 is 2.13 bits per heavy atom. The summed E-state index contributed by atoms with van der Waals surface area (Å²) in [5.41, 5.74) is -1.45. The number of rotatable bonds is 4. The Morgan fingerprint density at radius 1 is 0.826 bits per heavy atom. The Balaban J connectivity index is 2.10. The Morgan fingerprint density at radius 2 is 1.48 bits per heavy atom. The Kier molecular flexibility index (Phi) is 3.83. The predicted molar refractivity (Wildman–Crippen MR) is 80.1 cm³/mol. The molecule has 2 nitrogen and oxygen atoms in total. The molecule has 2 aromatic rings. The number of hydrogen-bond donors (Lipinski definition) is 1. The van der Waals surface area contributed by atoms with E-state index in [1.165, 1.54) is 36.4 Å². The fraction of sp³-hybridized carbons (Fsp3) is 0.235. The first-order chi connectivity index (χ1) is 10.9. The van der Waals surface area contributed by atoms with Gasteiger partial charge in [-0.15, -0.1) is 0 Å². The van der Waals surface area contributed by atoms with Crippen molar-refractivity contribution in [2.45, 2.75) is 11.8 Å². The minimum Gasteiger partial charge on any atom is -0.368 e.